The van der Waals surface area contributed by atoms with Crippen molar-refractivity contribution in [2.24, 2.45) is 0 Å². The number of aromatic nitrogens is 1. The van der Waals surface area contributed by atoms with E-state index in [9.17, 15) is 8.42 Å². The van der Waals surface area contributed by atoms with Crippen molar-refractivity contribution in [1.29, 1.82) is 0 Å². The molecule has 2 rings (SSSR count). The van der Waals surface area contributed by atoms with E-state index < -0.39 is 10.0 Å². The van der Waals surface area contributed by atoms with E-state index in [1.165, 1.54) is 7.11 Å². The molecule has 0 spiro atoms. The zero-order chi connectivity index (χ0) is 15.3. The van der Waals surface area contributed by atoms with Gasteiger partial charge >= 0.3 is 0 Å². The Balaban J connectivity index is 2.26. The first-order chi connectivity index (χ1) is 10.1. The molecule has 6 heteroatoms. The molecule has 1 heterocycles. The van der Waals surface area contributed by atoms with Crippen molar-refractivity contribution in [3.8, 4) is 5.75 Å². The van der Waals surface area contributed by atoms with Crippen molar-refractivity contribution >= 4 is 10.0 Å². The molecule has 5 nitrogen and oxygen atoms in total. The Bertz CT molecular complexity index is 700. The lowest BCUT2D eigenvalue weighted by atomic mass is 10.2. The van der Waals surface area contributed by atoms with Crippen LogP contribution in [0.25, 0.3) is 0 Å². The summed E-state index contributed by atoms with van der Waals surface area (Å²) in [4.78, 5) is 4.12. The van der Waals surface area contributed by atoms with Crippen LogP contribution in [0, 0.1) is 0 Å². The van der Waals surface area contributed by atoms with Crippen molar-refractivity contribution in [3.05, 3.63) is 53.9 Å². The number of pyridine rings is 1. The minimum Gasteiger partial charge on any atom is -0.495 e. The maximum Gasteiger partial charge on any atom is 0.244 e. The first-order valence-corrected chi connectivity index (χ1v) is 8.10. The summed E-state index contributed by atoms with van der Waals surface area (Å²) in [6.45, 7) is 2.16. The van der Waals surface area contributed by atoms with E-state index in [2.05, 4.69) is 9.71 Å². The fraction of sp³-hybridized carbons (Fsp3) is 0.267. The van der Waals surface area contributed by atoms with Crippen molar-refractivity contribution in [3.63, 3.8) is 0 Å². The van der Waals surface area contributed by atoms with Crippen LogP contribution in [-0.2, 0) is 23.0 Å². The van der Waals surface area contributed by atoms with Crippen LogP contribution in [0.5, 0.6) is 5.75 Å². The molecule has 2 aromatic rings. The normalized spacial score (nSPS) is 11.3. The molecule has 21 heavy (non-hydrogen) atoms. The standard InChI is InChI=1S/C15H18N2O3S/c1-3-12-6-7-14(20-2)15(9-12)21(18,19)17-11-13-5-4-8-16-10-13/h4-10,17H,3,11H2,1-2H3. The quantitative estimate of drug-likeness (QED) is 0.887. The lowest BCUT2D eigenvalue weighted by Crippen LogP contribution is -2.24. The summed E-state index contributed by atoms with van der Waals surface area (Å²) in [6, 6.07) is 8.76. The molecule has 112 valence electrons. The van der Waals surface area contributed by atoms with Gasteiger partial charge in [0.2, 0.25) is 10.0 Å². The van der Waals surface area contributed by atoms with Gasteiger partial charge in [0.05, 0.1) is 7.11 Å². The van der Waals surface area contributed by atoms with Crippen LogP contribution in [-0.4, -0.2) is 20.5 Å². The molecule has 0 amide bonds. The summed E-state index contributed by atoms with van der Waals surface area (Å²) in [5.74, 6) is 0.339. The Labute approximate surface area is 125 Å². The summed E-state index contributed by atoms with van der Waals surface area (Å²) in [6.07, 6.45) is 4.03. The third kappa shape index (κ3) is 3.80. The summed E-state index contributed by atoms with van der Waals surface area (Å²) < 4.78 is 32.6. The van der Waals surface area contributed by atoms with Crippen molar-refractivity contribution in [2.45, 2.75) is 24.8 Å². The van der Waals surface area contributed by atoms with Gasteiger partial charge in [0.15, 0.2) is 0 Å². The topological polar surface area (TPSA) is 68.3 Å². The number of nitrogens with one attached hydrogen (secondary N) is 1. The molecule has 0 atom stereocenters. The Morgan fingerprint density at radius 3 is 2.67 bits per heavy atom. The molecule has 1 aromatic carbocycles. The maximum absolute atomic E-state index is 12.4. The number of benzene rings is 1. The molecule has 0 aliphatic rings. The average Bonchev–Trinajstić information content (AvgIpc) is 2.53. The van der Waals surface area contributed by atoms with E-state index in [0.29, 0.717) is 5.75 Å². The van der Waals surface area contributed by atoms with E-state index in [-0.39, 0.29) is 11.4 Å². The summed E-state index contributed by atoms with van der Waals surface area (Å²) in [5.41, 5.74) is 1.74. The molecule has 0 saturated heterocycles. The van der Waals surface area contributed by atoms with Crippen LogP contribution in [0.15, 0.2) is 47.6 Å². The van der Waals surface area contributed by atoms with Gasteiger partial charge in [0.1, 0.15) is 10.6 Å². The Kier molecular flexibility index (Phi) is 4.93. The van der Waals surface area contributed by atoms with Gasteiger partial charge in [-0.3, -0.25) is 4.98 Å². The second-order valence-corrected chi connectivity index (χ2v) is 6.26. The lowest BCUT2D eigenvalue weighted by molar-refractivity contribution is 0.402. The third-order valence-electron chi connectivity index (χ3n) is 3.11. The number of aryl methyl sites for hydroxylation is 1. The highest BCUT2D eigenvalue weighted by atomic mass is 32.2. The largest absolute Gasteiger partial charge is 0.495 e. The number of hydrogen-bond donors (Lipinski definition) is 1. The zero-order valence-electron chi connectivity index (χ0n) is 12.0. The fourth-order valence-corrected chi connectivity index (χ4v) is 3.14. The first-order valence-electron chi connectivity index (χ1n) is 6.62. The summed E-state index contributed by atoms with van der Waals surface area (Å²) >= 11 is 0. The zero-order valence-corrected chi connectivity index (χ0v) is 12.9. The Hall–Kier alpha value is -1.92. The van der Waals surface area contributed by atoms with Crippen molar-refractivity contribution in [2.75, 3.05) is 7.11 Å². The number of hydrogen-bond acceptors (Lipinski definition) is 4. The van der Waals surface area contributed by atoms with Crippen LogP contribution >= 0.6 is 0 Å². The predicted octanol–water partition coefficient (Wildman–Crippen LogP) is 2.13. The Morgan fingerprint density at radius 2 is 2.05 bits per heavy atom. The van der Waals surface area contributed by atoms with Gasteiger partial charge in [-0.05, 0) is 35.7 Å². The molecule has 0 aliphatic carbocycles. The average molecular weight is 306 g/mol. The van der Waals surface area contributed by atoms with Gasteiger partial charge in [0, 0.05) is 18.9 Å². The number of ether oxygens (including phenoxy) is 1. The monoisotopic (exact) mass is 306 g/mol. The predicted molar refractivity (Wildman–Crippen MR) is 80.6 cm³/mol. The van der Waals surface area contributed by atoms with Gasteiger partial charge in [-0.15, -0.1) is 0 Å². The number of rotatable bonds is 6. The molecule has 0 bridgehead atoms. The van der Waals surface area contributed by atoms with Crippen LogP contribution in [0.2, 0.25) is 0 Å². The van der Waals surface area contributed by atoms with E-state index >= 15 is 0 Å². The molecule has 1 N–H and O–H groups in total. The fourth-order valence-electron chi connectivity index (χ4n) is 1.91. The molecule has 0 aliphatic heterocycles. The highest BCUT2D eigenvalue weighted by Crippen LogP contribution is 2.25. The number of sulfonamides is 1. The highest BCUT2D eigenvalue weighted by Gasteiger charge is 2.19. The summed E-state index contributed by atoms with van der Waals surface area (Å²) in [7, 11) is -2.18. The minimum absolute atomic E-state index is 0.160. The van der Waals surface area contributed by atoms with Crippen LogP contribution < -0.4 is 9.46 Å². The third-order valence-corrected chi connectivity index (χ3v) is 4.54. The summed E-state index contributed by atoms with van der Waals surface area (Å²) in [5, 5.41) is 0. The molecule has 1 aromatic heterocycles. The SMILES string of the molecule is CCc1ccc(OC)c(S(=O)(=O)NCc2cccnc2)c1. The van der Waals surface area contributed by atoms with Crippen LogP contribution in [0.1, 0.15) is 18.1 Å². The van der Waals surface area contributed by atoms with Gasteiger partial charge in [-0.25, -0.2) is 13.1 Å². The number of methoxy groups -OCH3 is 1. The van der Waals surface area contributed by atoms with E-state index in [4.69, 9.17) is 4.74 Å². The van der Waals surface area contributed by atoms with Gasteiger partial charge in [-0.2, -0.15) is 0 Å². The highest BCUT2D eigenvalue weighted by molar-refractivity contribution is 7.89. The number of nitrogens with zero attached hydrogens (tertiary/aromatic N) is 1. The van der Waals surface area contributed by atoms with Crippen LogP contribution in [0.3, 0.4) is 0 Å². The minimum atomic E-state index is -3.64. The van der Waals surface area contributed by atoms with E-state index in [1.54, 1.807) is 30.6 Å². The van der Waals surface area contributed by atoms with Crippen molar-refractivity contribution in [1.82, 2.24) is 9.71 Å². The second-order valence-electron chi connectivity index (χ2n) is 4.52. The van der Waals surface area contributed by atoms with Gasteiger partial charge in [0.25, 0.3) is 0 Å². The van der Waals surface area contributed by atoms with Gasteiger partial charge in [-0.1, -0.05) is 19.1 Å². The lowest BCUT2D eigenvalue weighted by Gasteiger charge is -2.12. The Morgan fingerprint density at radius 1 is 1.24 bits per heavy atom. The second kappa shape index (κ2) is 6.69. The van der Waals surface area contributed by atoms with Gasteiger partial charge < -0.3 is 4.74 Å². The van der Waals surface area contributed by atoms with Crippen LogP contribution in [0.4, 0.5) is 0 Å². The first kappa shape index (κ1) is 15.5. The molecule has 0 fully saturated rings. The van der Waals surface area contributed by atoms with Crippen molar-refractivity contribution < 1.29 is 13.2 Å². The molecular formula is C15H18N2O3S. The van der Waals surface area contributed by atoms with E-state index in [0.717, 1.165) is 17.5 Å². The molecule has 0 radical (unpaired) electrons. The molecular weight excluding hydrogens is 288 g/mol. The molecule has 0 saturated carbocycles. The maximum atomic E-state index is 12.4. The molecule has 0 unspecified atom stereocenters. The van der Waals surface area contributed by atoms with E-state index in [1.807, 2.05) is 19.1 Å². The smallest absolute Gasteiger partial charge is 0.244 e.